The molecule has 0 bridgehead atoms. The van der Waals surface area contributed by atoms with Crippen LogP contribution in [0.4, 0.5) is 5.69 Å². The van der Waals surface area contributed by atoms with Gasteiger partial charge in [-0.2, -0.15) is 0 Å². The first-order valence-electron chi connectivity index (χ1n) is 7.64. The lowest BCUT2D eigenvalue weighted by Gasteiger charge is -2.36. The Hall–Kier alpha value is -1.80. The van der Waals surface area contributed by atoms with Gasteiger partial charge in [0, 0.05) is 24.2 Å². The van der Waals surface area contributed by atoms with Gasteiger partial charge < -0.3 is 10.0 Å². The average molecular weight is 281 g/mol. The van der Waals surface area contributed by atoms with Crippen LogP contribution in [0.25, 0.3) is 0 Å². The second-order valence-corrected chi connectivity index (χ2v) is 6.60. The van der Waals surface area contributed by atoms with Gasteiger partial charge in [-0.05, 0) is 23.6 Å². The number of nitrogens with zero attached hydrogens (tertiary/aromatic N) is 1. The highest BCUT2D eigenvalue weighted by molar-refractivity contribution is 5.58. The topological polar surface area (TPSA) is 23.5 Å². The van der Waals surface area contributed by atoms with Crippen molar-refractivity contribution in [3.63, 3.8) is 0 Å². The maximum absolute atomic E-state index is 10.7. The zero-order chi connectivity index (χ0) is 14.9. The monoisotopic (exact) mass is 281 g/mol. The van der Waals surface area contributed by atoms with E-state index in [-0.39, 0.29) is 5.41 Å². The first-order valence-corrected chi connectivity index (χ1v) is 7.64. The predicted octanol–water partition coefficient (Wildman–Crippen LogP) is 3.81. The van der Waals surface area contributed by atoms with Crippen LogP contribution in [-0.4, -0.2) is 18.2 Å². The lowest BCUT2D eigenvalue weighted by molar-refractivity contribution is 0.0543. The maximum atomic E-state index is 10.7. The smallest absolute Gasteiger partial charge is 0.0857 e. The van der Waals surface area contributed by atoms with E-state index < -0.39 is 6.10 Å². The minimum absolute atomic E-state index is 0.196. The summed E-state index contributed by atoms with van der Waals surface area (Å²) < 4.78 is 0. The van der Waals surface area contributed by atoms with Crippen molar-refractivity contribution in [1.82, 2.24) is 0 Å². The molecule has 2 nitrogen and oxygen atoms in total. The summed E-state index contributed by atoms with van der Waals surface area (Å²) in [5, 5.41) is 10.7. The van der Waals surface area contributed by atoms with Gasteiger partial charge in [0.25, 0.3) is 0 Å². The van der Waals surface area contributed by atoms with Crippen LogP contribution in [-0.2, 0) is 6.42 Å². The van der Waals surface area contributed by atoms with Gasteiger partial charge in [0.2, 0.25) is 0 Å². The van der Waals surface area contributed by atoms with Gasteiger partial charge in [-0.3, -0.25) is 0 Å². The average Bonchev–Trinajstić information content (AvgIpc) is 2.90. The predicted molar refractivity (Wildman–Crippen MR) is 87.5 cm³/mol. The van der Waals surface area contributed by atoms with Crippen LogP contribution in [0.15, 0.2) is 54.6 Å². The van der Waals surface area contributed by atoms with Crippen molar-refractivity contribution in [2.24, 2.45) is 5.41 Å². The Balaban J connectivity index is 1.78. The Labute approximate surface area is 127 Å². The molecule has 0 aromatic heterocycles. The van der Waals surface area contributed by atoms with E-state index in [0.717, 1.165) is 25.1 Å². The highest BCUT2D eigenvalue weighted by atomic mass is 16.3. The van der Waals surface area contributed by atoms with Crippen LogP contribution in [0, 0.1) is 5.41 Å². The van der Waals surface area contributed by atoms with Crippen molar-refractivity contribution in [3.05, 3.63) is 65.7 Å². The van der Waals surface area contributed by atoms with Crippen molar-refractivity contribution in [2.45, 2.75) is 26.4 Å². The molecular formula is C19H23NO. The molecule has 1 unspecified atom stereocenters. The van der Waals surface area contributed by atoms with E-state index in [4.69, 9.17) is 0 Å². The first kappa shape index (κ1) is 14.2. The maximum Gasteiger partial charge on any atom is 0.0857 e. The summed E-state index contributed by atoms with van der Waals surface area (Å²) in [7, 11) is 0. The summed E-state index contributed by atoms with van der Waals surface area (Å²) in [4.78, 5) is 2.40. The number of para-hydroxylation sites is 1. The van der Waals surface area contributed by atoms with Crippen LogP contribution >= 0.6 is 0 Å². The molecule has 1 aliphatic rings. The SMILES string of the molecule is CC(C)(CN1CCc2ccccc21)C(O)c1ccccc1. The zero-order valence-corrected chi connectivity index (χ0v) is 12.8. The Morgan fingerprint density at radius 2 is 1.71 bits per heavy atom. The fourth-order valence-corrected chi connectivity index (χ4v) is 3.24. The molecule has 2 aromatic rings. The van der Waals surface area contributed by atoms with Gasteiger partial charge in [0.15, 0.2) is 0 Å². The first-order chi connectivity index (χ1) is 10.1. The molecule has 1 aliphatic heterocycles. The molecule has 1 atom stereocenters. The third-order valence-corrected chi connectivity index (χ3v) is 4.44. The van der Waals surface area contributed by atoms with Crippen LogP contribution < -0.4 is 4.90 Å². The van der Waals surface area contributed by atoms with Gasteiger partial charge in [-0.25, -0.2) is 0 Å². The van der Waals surface area contributed by atoms with Gasteiger partial charge in [-0.1, -0.05) is 62.4 Å². The van der Waals surface area contributed by atoms with Gasteiger partial charge >= 0.3 is 0 Å². The highest BCUT2D eigenvalue weighted by Crippen LogP contribution is 2.37. The summed E-state index contributed by atoms with van der Waals surface area (Å²) in [6, 6.07) is 18.6. The van der Waals surface area contributed by atoms with Gasteiger partial charge in [-0.15, -0.1) is 0 Å². The quantitative estimate of drug-likeness (QED) is 0.921. The number of rotatable bonds is 4. The zero-order valence-electron chi connectivity index (χ0n) is 12.8. The molecule has 3 rings (SSSR count). The number of aliphatic hydroxyl groups is 1. The van der Waals surface area contributed by atoms with E-state index in [1.165, 1.54) is 11.3 Å². The highest BCUT2D eigenvalue weighted by Gasteiger charge is 2.33. The van der Waals surface area contributed by atoms with E-state index in [9.17, 15) is 5.11 Å². The van der Waals surface area contributed by atoms with E-state index in [1.807, 2.05) is 30.3 Å². The lowest BCUT2D eigenvalue weighted by Crippen LogP contribution is -2.37. The van der Waals surface area contributed by atoms with Crippen LogP contribution in [0.1, 0.15) is 31.1 Å². The summed E-state index contributed by atoms with van der Waals surface area (Å²) in [6.45, 7) is 6.20. The standard InChI is InChI=1S/C19H23NO/c1-19(2,18(21)16-9-4-3-5-10-16)14-20-13-12-15-8-6-7-11-17(15)20/h3-11,18,21H,12-14H2,1-2H3. The van der Waals surface area contributed by atoms with E-state index in [1.54, 1.807) is 0 Å². The van der Waals surface area contributed by atoms with Crippen molar-refractivity contribution in [3.8, 4) is 0 Å². The third kappa shape index (κ3) is 2.81. The molecule has 0 spiro atoms. The molecule has 0 aliphatic carbocycles. The van der Waals surface area contributed by atoms with Crippen molar-refractivity contribution in [2.75, 3.05) is 18.0 Å². The van der Waals surface area contributed by atoms with Crippen LogP contribution in [0.3, 0.4) is 0 Å². The third-order valence-electron chi connectivity index (χ3n) is 4.44. The molecule has 2 aromatic carbocycles. The second-order valence-electron chi connectivity index (χ2n) is 6.60. The fourth-order valence-electron chi connectivity index (χ4n) is 3.24. The Morgan fingerprint density at radius 3 is 2.48 bits per heavy atom. The van der Waals surface area contributed by atoms with E-state index >= 15 is 0 Å². The van der Waals surface area contributed by atoms with Gasteiger partial charge in [0.1, 0.15) is 0 Å². The summed E-state index contributed by atoms with van der Waals surface area (Å²) in [5.41, 5.74) is 3.54. The Morgan fingerprint density at radius 1 is 1.05 bits per heavy atom. The molecule has 0 saturated heterocycles. The van der Waals surface area contributed by atoms with Crippen molar-refractivity contribution < 1.29 is 5.11 Å². The van der Waals surface area contributed by atoms with Gasteiger partial charge in [0.05, 0.1) is 6.10 Å². The normalized spacial score (nSPS) is 15.9. The number of hydrogen-bond donors (Lipinski definition) is 1. The second kappa shape index (κ2) is 5.53. The molecule has 21 heavy (non-hydrogen) atoms. The number of anilines is 1. The largest absolute Gasteiger partial charge is 0.388 e. The molecule has 1 heterocycles. The van der Waals surface area contributed by atoms with Crippen molar-refractivity contribution in [1.29, 1.82) is 0 Å². The number of fused-ring (bicyclic) bond motifs is 1. The molecule has 110 valence electrons. The van der Waals surface area contributed by atoms with Crippen LogP contribution in [0.2, 0.25) is 0 Å². The van der Waals surface area contributed by atoms with Crippen molar-refractivity contribution >= 4 is 5.69 Å². The van der Waals surface area contributed by atoms with Crippen LogP contribution in [0.5, 0.6) is 0 Å². The lowest BCUT2D eigenvalue weighted by atomic mass is 9.82. The minimum Gasteiger partial charge on any atom is -0.388 e. The number of hydrogen-bond acceptors (Lipinski definition) is 2. The molecule has 0 amide bonds. The van der Waals surface area contributed by atoms with E-state index in [0.29, 0.717) is 0 Å². The molecule has 2 heteroatoms. The fraction of sp³-hybridized carbons (Fsp3) is 0.368. The summed E-state index contributed by atoms with van der Waals surface area (Å²) >= 11 is 0. The molecule has 0 fully saturated rings. The number of aliphatic hydroxyl groups excluding tert-OH is 1. The summed E-state index contributed by atoms with van der Waals surface area (Å²) in [5.74, 6) is 0. The molecular weight excluding hydrogens is 258 g/mol. The molecule has 0 saturated carbocycles. The minimum atomic E-state index is -0.452. The molecule has 1 N–H and O–H groups in total. The summed E-state index contributed by atoms with van der Waals surface area (Å²) in [6.07, 6.45) is 0.652. The van der Waals surface area contributed by atoms with E-state index in [2.05, 4.69) is 43.0 Å². The Kier molecular flexibility index (Phi) is 3.73. The molecule has 0 radical (unpaired) electrons. The Bertz CT molecular complexity index is 606. The number of benzene rings is 2.